The zero-order valence-electron chi connectivity index (χ0n) is 17.7. The molecule has 0 unspecified atom stereocenters. The minimum absolute atomic E-state index is 0.221. The molecule has 27 heavy (non-hydrogen) atoms. The van der Waals surface area contributed by atoms with Gasteiger partial charge in [0.05, 0.1) is 0 Å². The van der Waals surface area contributed by atoms with E-state index in [-0.39, 0.29) is 5.92 Å². The molecule has 2 atom stereocenters. The van der Waals surface area contributed by atoms with Gasteiger partial charge in [0.25, 0.3) is 0 Å². The Balaban J connectivity index is 1.19. The van der Waals surface area contributed by atoms with E-state index in [4.69, 9.17) is 4.74 Å². The van der Waals surface area contributed by atoms with Crippen LogP contribution in [0.25, 0.3) is 0 Å². The van der Waals surface area contributed by atoms with Crippen molar-refractivity contribution in [3.8, 4) is 0 Å². The second-order valence-corrected chi connectivity index (χ2v) is 10.5. The largest absolute Gasteiger partial charge is 0.381 e. The van der Waals surface area contributed by atoms with Crippen LogP contribution >= 0.6 is 0 Å². The Labute approximate surface area is 165 Å². The smallest absolute Gasteiger partial charge is 0.225 e. The number of likely N-dealkylation sites (tertiary alicyclic amines) is 3. The van der Waals surface area contributed by atoms with Gasteiger partial charge in [-0.05, 0) is 64.2 Å². The fourth-order valence-corrected chi connectivity index (χ4v) is 5.69. The van der Waals surface area contributed by atoms with E-state index >= 15 is 0 Å². The monoisotopic (exact) mass is 377 g/mol. The first-order valence-electron chi connectivity index (χ1n) is 11.2. The van der Waals surface area contributed by atoms with Crippen molar-refractivity contribution in [1.82, 2.24) is 14.7 Å². The van der Waals surface area contributed by atoms with Crippen molar-refractivity contribution in [2.45, 2.75) is 52.0 Å². The fourth-order valence-electron chi connectivity index (χ4n) is 5.69. The van der Waals surface area contributed by atoms with E-state index in [1.807, 2.05) is 0 Å². The number of carbonyl (C=O) groups excluding carboxylic acids is 1. The van der Waals surface area contributed by atoms with Gasteiger partial charge in [0.2, 0.25) is 5.91 Å². The Kier molecular flexibility index (Phi) is 5.82. The molecule has 0 saturated carbocycles. The van der Waals surface area contributed by atoms with Crippen molar-refractivity contribution < 1.29 is 9.53 Å². The number of amides is 1. The molecule has 5 heteroatoms. The van der Waals surface area contributed by atoms with Crippen molar-refractivity contribution in [2.24, 2.45) is 23.7 Å². The molecule has 0 aromatic rings. The van der Waals surface area contributed by atoms with Gasteiger partial charge in [-0.3, -0.25) is 9.69 Å². The van der Waals surface area contributed by atoms with E-state index in [0.717, 1.165) is 56.9 Å². The molecule has 0 aromatic heterocycles. The minimum Gasteiger partial charge on any atom is -0.381 e. The minimum atomic E-state index is 0.221. The van der Waals surface area contributed by atoms with Crippen LogP contribution in [0.3, 0.4) is 0 Å². The van der Waals surface area contributed by atoms with E-state index in [9.17, 15) is 4.79 Å². The summed E-state index contributed by atoms with van der Waals surface area (Å²) in [5.41, 5.74) is 0.318. The van der Waals surface area contributed by atoms with Gasteiger partial charge in [-0.2, -0.15) is 0 Å². The Morgan fingerprint density at radius 1 is 0.926 bits per heavy atom. The third kappa shape index (κ3) is 4.51. The maximum atomic E-state index is 12.7. The van der Waals surface area contributed by atoms with Gasteiger partial charge in [0, 0.05) is 70.5 Å². The van der Waals surface area contributed by atoms with Gasteiger partial charge in [-0.1, -0.05) is 0 Å². The molecule has 0 radical (unpaired) electrons. The highest BCUT2D eigenvalue weighted by atomic mass is 16.5. The zero-order valence-corrected chi connectivity index (χ0v) is 17.7. The molecule has 4 fully saturated rings. The number of fused-ring (bicyclic) bond motifs is 1. The maximum Gasteiger partial charge on any atom is 0.225 e. The Morgan fingerprint density at radius 2 is 1.52 bits per heavy atom. The topological polar surface area (TPSA) is 36.0 Å². The van der Waals surface area contributed by atoms with Crippen LogP contribution < -0.4 is 0 Å². The van der Waals surface area contributed by atoms with Crippen molar-refractivity contribution >= 4 is 5.91 Å². The van der Waals surface area contributed by atoms with E-state index in [2.05, 4.69) is 35.5 Å². The number of hydrogen-bond acceptors (Lipinski definition) is 4. The lowest BCUT2D eigenvalue weighted by Gasteiger charge is -2.37. The lowest BCUT2D eigenvalue weighted by molar-refractivity contribution is -0.140. The van der Waals surface area contributed by atoms with Crippen LogP contribution in [0.4, 0.5) is 0 Å². The summed E-state index contributed by atoms with van der Waals surface area (Å²) in [7, 11) is 0. The highest BCUT2D eigenvalue weighted by molar-refractivity contribution is 5.79. The maximum absolute atomic E-state index is 12.7. The number of piperidine rings is 1. The number of carbonyl (C=O) groups is 1. The molecule has 0 aliphatic carbocycles. The van der Waals surface area contributed by atoms with Crippen LogP contribution in [0.1, 0.15) is 46.5 Å². The molecule has 4 rings (SSSR count). The molecule has 0 bridgehead atoms. The summed E-state index contributed by atoms with van der Waals surface area (Å²) < 4.78 is 5.41. The predicted molar refractivity (Wildman–Crippen MR) is 108 cm³/mol. The second-order valence-electron chi connectivity index (χ2n) is 10.5. The molecular formula is C22H39N3O2. The predicted octanol–water partition coefficient (Wildman–Crippen LogP) is 2.31. The Hall–Kier alpha value is -0.650. The summed E-state index contributed by atoms with van der Waals surface area (Å²) in [5.74, 6) is 3.15. The first-order chi connectivity index (χ1) is 12.9. The summed E-state index contributed by atoms with van der Waals surface area (Å²) in [4.78, 5) is 20.3. The van der Waals surface area contributed by atoms with Gasteiger partial charge < -0.3 is 14.5 Å². The van der Waals surface area contributed by atoms with E-state index in [1.165, 1.54) is 45.6 Å². The summed E-state index contributed by atoms with van der Waals surface area (Å²) in [5, 5.41) is 0. The van der Waals surface area contributed by atoms with Gasteiger partial charge in [-0.15, -0.1) is 0 Å². The fraction of sp³-hybridized carbons (Fsp3) is 0.955. The van der Waals surface area contributed by atoms with Crippen molar-refractivity contribution in [3.05, 3.63) is 0 Å². The number of rotatable bonds is 3. The van der Waals surface area contributed by atoms with Crippen LogP contribution in [0.2, 0.25) is 0 Å². The molecule has 1 amide bonds. The zero-order chi connectivity index (χ0) is 19.0. The Morgan fingerprint density at radius 3 is 2.07 bits per heavy atom. The standard InChI is InChI=1S/C22H39N3O2/c1-22(2,3)25-15-19-13-23(14-20(19)16-25)12-17-4-8-24(9-5-17)21(26)18-6-10-27-11-7-18/h17-20H,4-16H2,1-3H3/t19-,20+. The molecule has 0 aromatic carbocycles. The molecule has 4 saturated heterocycles. The highest BCUT2D eigenvalue weighted by Crippen LogP contribution is 2.35. The van der Waals surface area contributed by atoms with E-state index < -0.39 is 0 Å². The molecule has 0 N–H and O–H groups in total. The number of ether oxygens (including phenoxy) is 1. The van der Waals surface area contributed by atoms with Gasteiger partial charge in [0.15, 0.2) is 0 Å². The van der Waals surface area contributed by atoms with E-state index in [1.54, 1.807) is 0 Å². The third-order valence-corrected chi connectivity index (χ3v) is 7.52. The summed E-state index contributed by atoms with van der Waals surface area (Å²) in [6.07, 6.45) is 4.21. The third-order valence-electron chi connectivity index (χ3n) is 7.52. The highest BCUT2D eigenvalue weighted by Gasteiger charge is 2.43. The normalized spacial score (nSPS) is 32.2. The molecule has 5 nitrogen and oxygen atoms in total. The molecule has 154 valence electrons. The van der Waals surface area contributed by atoms with E-state index in [0.29, 0.717) is 11.4 Å². The molecule has 4 heterocycles. The van der Waals surface area contributed by atoms with Crippen LogP contribution in [-0.2, 0) is 9.53 Å². The van der Waals surface area contributed by atoms with Crippen molar-refractivity contribution in [1.29, 1.82) is 0 Å². The van der Waals surface area contributed by atoms with Crippen molar-refractivity contribution in [2.75, 3.05) is 59.0 Å². The van der Waals surface area contributed by atoms with Gasteiger partial charge in [0.1, 0.15) is 0 Å². The summed E-state index contributed by atoms with van der Waals surface area (Å²) >= 11 is 0. The quantitative estimate of drug-likeness (QED) is 0.756. The summed E-state index contributed by atoms with van der Waals surface area (Å²) in [6, 6.07) is 0. The number of hydrogen-bond donors (Lipinski definition) is 0. The second kappa shape index (κ2) is 8.00. The van der Waals surface area contributed by atoms with Gasteiger partial charge in [-0.25, -0.2) is 0 Å². The Bertz CT molecular complexity index is 504. The lowest BCUT2D eigenvalue weighted by Crippen LogP contribution is -2.45. The average molecular weight is 378 g/mol. The van der Waals surface area contributed by atoms with Crippen LogP contribution in [0.5, 0.6) is 0 Å². The van der Waals surface area contributed by atoms with Gasteiger partial charge >= 0.3 is 0 Å². The molecular weight excluding hydrogens is 338 g/mol. The first-order valence-corrected chi connectivity index (χ1v) is 11.2. The van der Waals surface area contributed by atoms with Crippen molar-refractivity contribution in [3.63, 3.8) is 0 Å². The average Bonchev–Trinajstić information content (AvgIpc) is 3.21. The SMILES string of the molecule is CC(C)(C)N1C[C@H]2CN(CC3CCN(C(=O)C4CCOCC4)CC3)C[C@H]2C1. The summed E-state index contributed by atoms with van der Waals surface area (Å²) in [6.45, 7) is 16.9. The molecule has 0 spiro atoms. The lowest BCUT2D eigenvalue weighted by atomic mass is 9.93. The first kappa shape index (κ1) is 19.7. The molecule has 4 aliphatic rings. The number of nitrogens with zero attached hydrogens (tertiary/aromatic N) is 3. The van der Waals surface area contributed by atoms with Crippen LogP contribution in [0, 0.1) is 23.7 Å². The van der Waals surface area contributed by atoms with Crippen LogP contribution in [-0.4, -0.2) is 85.2 Å². The molecule has 4 aliphatic heterocycles. The van der Waals surface area contributed by atoms with Crippen LogP contribution in [0.15, 0.2) is 0 Å².